The lowest BCUT2D eigenvalue weighted by Crippen LogP contribution is -2.34. The van der Waals surface area contributed by atoms with Crippen LogP contribution in [0.25, 0.3) is 6.08 Å². The predicted octanol–water partition coefficient (Wildman–Crippen LogP) is 2.97. The molecular formula is C18H23N2+. The number of rotatable bonds is 7. The van der Waals surface area contributed by atoms with Crippen LogP contribution in [0, 0.1) is 0 Å². The molecule has 104 valence electrons. The van der Waals surface area contributed by atoms with E-state index in [9.17, 15) is 0 Å². The molecule has 0 bridgehead atoms. The Labute approximate surface area is 121 Å². The second-order valence-electron chi connectivity index (χ2n) is 4.92. The molecule has 0 unspecified atom stereocenters. The number of hydrogen-bond acceptors (Lipinski definition) is 1. The topological polar surface area (TPSA) is 15.9 Å². The molecule has 1 N–H and O–H groups in total. The van der Waals surface area contributed by atoms with E-state index in [1.54, 1.807) is 0 Å². The van der Waals surface area contributed by atoms with Crippen LogP contribution in [0.2, 0.25) is 0 Å². The normalized spacial score (nSPS) is 10.4. The van der Waals surface area contributed by atoms with Gasteiger partial charge in [0, 0.05) is 25.1 Å². The van der Waals surface area contributed by atoms with Crippen LogP contribution in [0.4, 0.5) is 0 Å². The van der Waals surface area contributed by atoms with Gasteiger partial charge in [-0.05, 0) is 23.2 Å². The summed E-state index contributed by atoms with van der Waals surface area (Å²) in [6.07, 6.45) is 7.24. The maximum Gasteiger partial charge on any atom is 0.169 e. The lowest BCUT2D eigenvalue weighted by atomic mass is 10.1. The van der Waals surface area contributed by atoms with Crippen molar-refractivity contribution in [3.8, 4) is 0 Å². The zero-order chi connectivity index (χ0) is 14.2. The van der Waals surface area contributed by atoms with Gasteiger partial charge in [-0.25, -0.2) is 4.57 Å². The van der Waals surface area contributed by atoms with Gasteiger partial charge in [-0.3, -0.25) is 0 Å². The Morgan fingerprint density at radius 1 is 1.05 bits per heavy atom. The van der Waals surface area contributed by atoms with Gasteiger partial charge < -0.3 is 5.32 Å². The fraction of sp³-hybridized carbons (Fsp3) is 0.278. The number of nitrogens with zero attached hydrogens (tertiary/aromatic N) is 1. The van der Waals surface area contributed by atoms with Crippen LogP contribution in [0.15, 0.2) is 55.4 Å². The van der Waals surface area contributed by atoms with Crippen LogP contribution in [0.1, 0.15) is 23.6 Å². The maximum atomic E-state index is 3.77. The lowest BCUT2D eigenvalue weighted by Gasteiger charge is -2.02. The van der Waals surface area contributed by atoms with E-state index in [1.165, 1.54) is 16.7 Å². The Morgan fingerprint density at radius 2 is 1.75 bits per heavy atom. The number of aromatic nitrogens is 1. The fourth-order valence-electron chi connectivity index (χ4n) is 2.10. The first-order valence-corrected chi connectivity index (χ1v) is 7.22. The molecular weight excluding hydrogens is 244 g/mol. The van der Waals surface area contributed by atoms with E-state index >= 15 is 0 Å². The number of nitrogens with one attached hydrogen (secondary N) is 1. The third-order valence-electron chi connectivity index (χ3n) is 3.41. The molecule has 2 rings (SSSR count). The van der Waals surface area contributed by atoms with Gasteiger partial charge in [0.15, 0.2) is 18.9 Å². The predicted molar refractivity (Wildman–Crippen MR) is 84.3 cm³/mol. The van der Waals surface area contributed by atoms with E-state index in [0.29, 0.717) is 0 Å². The highest BCUT2D eigenvalue weighted by molar-refractivity contribution is 5.47. The molecule has 0 aliphatic carbocycles. The molecule has 0 saturated heterocycles. The Morgan fingerprint density at radius 3 is 2.35 bits per heavy atom. The minimum atomic E-state index is 0.945. The Kier molecular flexibility index (Phi) is 5.51. The van der Waals surface area contributed by atoms with E-state index in [-0.39, 0.29) is 0 Å². The van der Waals surface area contributed by atoms with Crippen molar-refractivity contribution in [2.24, 2.45) is 0 Å². The summed E-state index contributed by atoms with van der Waals surface area (Å²) in [4.78, 5) is 0. The summed E-state index contributed by atoms with van der Waals surface area (Å²) < 4.78 is 2.23. The highest BCUT2D eigenvalue weighted by Gasteiger charge is 2.02. The van der Waals surface area contributed by atoms with Crippen molar-refractivity contribution in [2.45, 2.75) is 26.4 Å². The van der Waals surface area contributed by atoms with Gasteiger partial charge in [0.25, 0.3) is 0 Å². The highest BCUT2D eigenvalue weighted by Crippen LogP contribution is 2.06. The number of benzene rings is 1. The highest BCUT2D eigenvalue weighted by atomic mass is 14.9. The molecule has 1 aromatic carbocycles. The van der Waals surface area contributed by atoms with E-state index in [1.807, 2.05) is 6.08 Å². The SMILES string of the molecule is C=Cc1ccc(CC[n+]2ccc(CNCC)cc2)cc1. The zero-order valence-electron chi connectivity index (χ0n) is 12.2. The Balaban J connectivity index is 1.88. The summed E-state index contributed by atoms with van der Waals surface area (Å²) in [5.41, 5.74) is 3.87. The van der Waals surface area contributed by atoms with Gasteiger partial charge in [-0.2, -0.15) is 0 Å². The third-order valence-corrected chi connectivity index (χ3v) is 3.41. The van der Waals surface area contributed by atoms with E-state index in [4.69, 9.17) is 0 Å². The second-order valence-corrected chi connectivity index (χ2v) is 4.92. The molecule has 0 amide bonds. The van der Waals surface area contributed by atoms with Gasteiger partial charge >= 0.3 is 0 Å². The maximum absolute atomic E-state index is 3.77. The first-order valence-electron chi connectivity index (χ1n) is 7.22. The number of aryl methyl sites for hydroxylation is 2. The first-order chi connectivity index (χ1) is 9.81. The van der Waals surface area contributed by atoms with Gasteiger partial charge in [0.05, 0.1) is 0 Å². The summed E-state index contributed by atoms with van der Waals surface area (Å²) in [6.45, 7) is 8.86. The summed E-state index contributed by atoms with van der Waals surface area (Å²) in [5, 5.41) is 3.34. The van der Waals surface area contributed by atoms with Crippen molar-refractivity contribution in [3.05, 3.63) is 72.1 Å². The van der Waals surface area contributed by atoms with Crippen molar-refractivity contribution < 1.29 is 4.57 Å². The molecule has 2 aromatic rings. The molecule has 0 aliphatic rings. The average Bonchev–Trinajstić information content (AvgIpc) is 2.52. The van der Waals surface area contributed by atoms with E-state index in [2.05, 4.69) is 72.2 Å². The molecule has 20 heavy (non-hydrogen) atoms. The number of pyridine rings is 1. The molecule has 0 spiro atoms. The van der Waals surface area contributed by atoms with Crippen molar-refractivity contribution in [3.63, 3.8) is 0 Å². The molecule has 0 atom stereocenters. The molecule has 2 nitrogen and oxygen atoms in total. The monoisotopic (exact) mass is 267 g/mol. The number of hydrogen-bond donors (Lipinski definition) is 1. The molecule has 1 aromatic heterocycles. The summed E-state index contributed by atoms with van der Waals surface area (Å²) in [5.74, 6) is 0. The summed E-state index contributed by atoms with van der Waals surface area (Å²) >= 11 is 0. The quantitative estimate of drug-likeness (QED) is 0.763. The smallest absolute Gasteiger partial charge is 0.169 e. The summed E-state index contributed by atoms with van der Waals surface area (Å²) in [6, 6.07) is 13.0. The van der Waals surface area contributed by atoms with Gasteiger partial charge in [0.1, 0.15) is 0 Å². The van der Waals surface area contributed by atoms with Gasteiger partial charge in [-0.15, -0.1) is 0 Å². The third kappa shape index (κ3) is 4.32. The molecule has 2 heteroatoms. The van der Waals surface area contributed by atoms with Crippen molar-refractivity contribution >= 4 is 6.08 Å². The van der Waals surface area contributed by atoms with Gasteiger partial charge in [0.2, 0.25) is 0 Å². The van der Waals surface area contributed by atoms with Crippen molar-refractivity contribution in [1.82, 2.24) is 5.32 Å². The Hall–Kier alpha value is -1.93. The summed E-state index contributed by atoms with van der Waals surface area (Å²) in [7, 11) is 0. The van der Waals surface area contributed by atoms with Crippen LogP contribution in [-0.4, -0.2) is 6.54 Å². The first kappa shape index (κ1) is 14.5. The van der Waals surface area contributed by atoms with Crippen LogP contribution >= 0.6 is 0 Å². The van der Waals surface area contributed by atoms with Gasteiger partial charge in [-0.1, -0.05) is 43.8 Å². The average molecular weight is 267 g/mol. The molecule has 1 heterocycles. The largest absolute Gasteiger partial charge is 0.313 e. The molecule has 0 radical (unpaired) electrons. The molecule has 0 fully saturated rings. The van der Waals surface area contributed by atoms with Crippen LogP contribution in [0.3, 0.4) is 0 Å². The van der Waals surface area contributed by atoms with Crippen LogP contribution in [0.5, 0.6) is 0 Å². The zero-order valence-corrected chi connectivity index (χ0v) is 12.2. The van der Waals surface area contributed by atoms with E-state index < -0.39 is 0 Å². The standard InChI is InChI=1S/C18H23N2/c1-3-16-5-7-17(8-6-16)9-12-20-13-10-18(11-14-20)15-19-4-2/h3,5-8,10-11,13-14,19H,1,4,9,12,15H2,2H3/q+1. The second kappa shape index (κ2) is 7.61. The molecule has 0 aliphatic heterocycles. The molecule has 0 saturated carbocycles. The minimum Gasteiger partial charge on any atom is -0.313 e. The fourth-order valence-corrected chi connectivity index (χ4v) is 2.10. The van der Waals surface area contributed by atoms with Crippen LogP contribution in [-0.2, 0) is 19.5 Å². The van der Waals surface area contributed by atoms with Crippen LogP contribution < -0.4 is 9.88 Å². The van der Waals surface area contributed by atoms with E-state index in [0.717, 1.165) is 26.1 Å². The minimum absolute atomic E-state index is 0.945. The van der Waals surface area contributed by atoms with Crippen molar-refractivity contribution in [2.75, 3.05) is 6.54 Å². The van der Waals surface area contributed by atoms with Crippen molar-refractivity contribution in [1.29, 1.82) is 0 Å². The lowest BCUT2D eigenvalue weighted by molar-refractivity contribution is -0.696. The Bertz CT molecular complexity index is 526.